The highest BCUT2D eigenvalue weighted by Crippen LogP contribution is 2.55. The largest absolute Gasteiger partial charge is 0.359 e. The lowest BCUT2D eigenvalue weighted by Gasteiger charge is -2.34. The SMILES string of the molecule is O=C(Nc1cc(Cl)cc(Cl)c1)[C@H]1[C@@H]2C=C[C@]3(O2)[C@@H]1C(=O)N(CCC1=CCCCC1)[C@H]3C(=O)NC1CCCCC1. The molecule has 6 rings (SSSR count). The first-order valence-electron chi connectivity index (χ1n) is 14.3. The van der Waals surface area contributed by atoms with Crippen LogP contribution >= 0.6 is 23.2 Å². The second kappa shape index (κ2) is 10.9. The third kappa shape index (κ3) is 5.02. The highest BCUT2D eigenvalue weighted by molar-refractivity contribution is 6.35. The lowest BCUT2D eigenvalue weighted by molar-refractivity contribution is -0.141. The molecule has 5 aliphatic rings. The smallest absolute Gasteiger partial charge is 0.246 e. The van der Waals surface area contributed by atoms with Gasteiger partial charge in [-0.15, -0.1) is 0 Å². The summed E-state index contributed by atoms with van der Waals surface area (Å²) in [6, 6.07) is 4.13. The van der Waals surface area contributed by atoms with Gasteiger partial charge in [0.1, 0.15) is 11.6 Å². The molecule has 208 valence electrons. The Morgan fingerprint density at radius 2 is 1.79 bits per heavy atom. The summed E-state index contributed by atoms with van der Waals surface area (Å²) >= 11 is 12.3. The van der Waals surface area contributed by atoms with Crippen molar-refractivity contribution in [2.45, 2.75) is 88.0 Å². The molecule has 39 heavy (non-hydrogen) atoms. The van der Waals surface area contributed by atoms with Crippen molar-refractivity contribution in [3.8, 4) is 0 Å². The molecule has 0 radical (unpaired) electrons. The number of likely N-dealkylation sites (tertiary alicyclic amines) is 1. The molecule has 3 fully saturated rings. The third-order valence-corrected chi connectivity index (χ3v) is 9.50. The minimum Gasteiger partial charge on any atom is -0.359 e. The number of benzene rings is 1. The van der Waals surface area contributed by atoms with Gasteiger partial charge >= 0.3 is 0 Å². The summed E-state index contributed by atoms with van der Waals surface area (Å²) in [6.07, 6.45) is 15.8. The second-order valence-corrected chi connectivity index (χ2v) is 12.5. The van der Waals surface area contributed by atoms with E-state index in [4.69, 9.17) is 27.9 Å². The fourth-order valence-electron chi connectivity index (χ4n) is 7.28. The molecule has 0 aromatic heterocycles. The first-order valence-corrected chi connectivity index (χ1v) is 15.0. The van der Waals surface area contributed by atoms with E-state index >= 15 is 0 Å². The highest BCUT2D eigenvalue weighted by Gasteiger charge is 2.72. The number of hydrogen-bond donors (Lipinski definition) is 2. The van der Waals surface area contributed by atoms with Crippen LogP contribution in [0.4, 0.5) is 5.69 Å². The zero-order valence-electron chi connectivity index (χ0n) is 22.0. The normalized spacial score (nSPS) is 31.8. The summed E-state index contributed by atoms with van der Waals surface area (Å²) in [5, 5.41) is 6.93. The predicted octanol–water partition coefficient (Wildman–Crippen LogP) is 5.42. The number of allylic oxidation sites excluding steroid dienone is 1. The number of halogens is 2. The summed E-state index contributed by atoms with van der Waals surface area (Å²) < 4.78 is 6.46. The molecule has 2 aliphatic carbocycles. The Kier molecular flexibility index (Phi) is 7.51. The lowest BCUT2D eigenvalue weighted by Crippen LogP contribution is -2.56. The summed E-state index contributed by atoms with van der Waals surface area (Å²) in [5.41, 5.74) is 0.634. The van der Waals surface area contributed by atoms with Gasteiger partial charge in [0.05, 0.1) is 17.9 Å². The van der Waals surface area contributed by atoms with E-state index in [1.807, 2.05) is 12.2 Å². The van der Waals surface area contributed by atoms with Gasteiger partial charge in [-0.25, -0.2) is 0 Å². The summed E-state index contributed by atoms with van der Waals surface area (Å²) in [6.45, 7) is 0.436. The maximum Gasteiger partial charge on any atom is 0.246 e. The molecule has 3 aliphatic heterocycles. The van der Waals surface area contributed by atoms with Crippen LogP contribution in [0.3, 0.4) is 0 Å². The topological polar surface area (TPSA) is 87.7 Å². The van der Waals surface area contributed by atoms with Crippen LogP contribution in [0.5, 0.6) is 0 Å². The maximum absolute atomic E-state index is 14.1. The van der Waals surface area contributed by atoms with Crippen molar-refractivity contribution in [3.05, 3.63) is 52.0 Å². The van der Waals surface area contributed by atoms with E-state index in [9.17, 15) is 14.4 Å². The number of amides is 3. The average Bonchev–Trinajstić information content (AvgIpc) is 3.55. The highest BCUT2D eigenvalue weighted by atomic mass is 35.5. The van der Waals surface area contributed by atoms with Crippen LogP contribution in [0.15, 0.2) is 42.0 Å². The molecule has 1 spiro atoms. The number of nitrogens with zero attached hydrogens (tertiary/aromatic N) is 1. The zero-order valence-corrected chi connectivity index (χ0v) is 23.5. The Morgan fingerprint density at radius 1 is 1.03 bits per heavy atom. The number of carbonyl (C=O) groups excluding carboxylic acids is 3. The van der Waals surface area contributed by atoms with Gasteiger partial charge in [-0.05, 0) is 63.1 Å². The molecule has 1 aromatic rings. The Balaban J connectivity index is 1.28. The van der Waals surface area contributed by atoms with Crippen molar-refractivity contribution < 1.29 is 19.1 Å². The Morgan fingerprint density at radius 3 is 2.51 bits per heavy atom. The van der Waals surface area contributed by atoms with E-state index in [1.54, 1.807) is 23.1 Å². The minimum atomic E-state index is -1.16. The van der Waals surface area contributed by atoms with E-state index in [0.717, 1.165) is 51.4 Å². The van der Waals surface area contributed by atoms with Gasteiger partial charge in [-0.1, -0.05) is 66.3 Å². The van der Waals surface area contributed by atoms with Crippen molar-refractivity contribution >= 4 is 46.6 Å². The Labute approximate surface area is 239 Å². The first-order chi connectivity index (χ1) is 18.9. The van der Waals surface area contributed by atoms with Crippen LogP contribution in [0, 0.1) is 11.8 Å². The molecular weight excluding hydrogens is 537 g/mol. The van der Waals surface area contributed by atoms with Crippen LogP contribution in [-0.2, 0) is 19.1 Å². The second-order valence-electron chi connectivity index (χ2n) is 11.6. The lowest BCUT2D eigenvalue weighted by atomic mass is 9.74. The van der Waals surface area contributed by atoms with Crippen LogP contribution in [0.25, 0.3) is 0 Å². The summed E-state index contributed by atoms with van der Waals surface area (Å²) in [7, 11) is 0. The van der Waals surface area contributed by atoms with Crippen molar-refractivity contribution in [1.29, 1.82) is 0 Å². The van der Waals surface area contributed by atoms with Gasteiger partial charge in [0.15, 0.2) is 0 Å². The number of anilines is 1. The first kappa shape index (κ1) is 26.9. The number of nitrogens with one attached hydrogen (secondary N) is 2. The summed E-state index contributed by atoms with van der Waals surface area (Å²) in [5.74, 6) is -2.24. The molecule has 1 aromatic carbocycles. The van der Waals surface area contributed by atoms with Crippen molar-refractivity contribution in [1.82, 2.24) is 10.2 Å². The molecule has 2 bridgehead atoms. The van der Waals surface area contributed by atoms with Gasteiger partial charge in [-0.3, -0.25) is 14.4 Å². The van der Waals surface area contributed by atoms with Gasteiger partial charge in [-0.2, -0.15) is 0 Å². The standard InChI is InChI=1S/C30H35Cl2N3O4/c31-19-15-20(32)17-22(16-19)34-27(36)24-23-11-13-30(39-23)25(24)29(38)35(14-12-18-7-3-1-4-8-18)26(30)28(37)33-21-9-5-2-6-10-21/h7,11,13,15-17,21,23-26H,1-6,8-10,12,14H2,(H,33,37)(H,34,36)/t23-,24-,25-,26-,30-/m0/s1. The number of hydrogen-bond acceptors (Lipinski definition) is 4. The fraction of sp³-hybridized carbons (Fsp3) is 0.567. The van der Waals surface area contributed by atoms with Crippen LogP contribution in [-0.4, -0.2) is 53.0 Å². The monoisotopic (exact) mass is 571 g/mol. The van der Waals surface area contributed by atoms with Crippen molar-refractivity contribution in [3.63, 3.8) is 0 Å². The Hall–Kier alpha value is -2.35. The molecule has 2 N–H and O–H groups in total. The van der Waals surface area contributed by atoms with E-state index in [2.05, 4.69) is 16.7 Å². The molecule has 2 saturated heterocycles. The van der Waals surface area contributed by atoms with Gasteiger partial charge in [0, 0.05) is 28.3 Å². The van der Waals surface area contributed by atoms with E-state index in [0.29, 0.717) is 22.3 Å². The van der Waals surface area contributed by atoms with E-state index in [-0.39, 0.29) is 23.8 Å². The fourth-order valence-corrected chi connectivity index (χ4v) is 7.81. The number of carbonyl (C=O) groups is 3. The van der Waals surface area contributed by atoms with Crippen molar-refractivity contribution in [2.24, 2.45) is 11.8 Å². The predicted molar refractivity (Wildman–Crippen MR) is 151 cm³/mol. The molecule has 3 heterocycles. The molecule has 7 nitrogen and oxygen atoms in total. The van der Waals surface area contributed by atoms with Crippen LogP contribution in [0.1, 0.15) is 64.2 Å². The zero-order chi connectivity index (χ0) is 27.1. The van der Waals surface area contributed by atoms with Crippen molar-refractivity contribution in [2.75, 3.05) is 11.9 Å². The molecule has 0 unspecified atom stereocenters. The molecule has 5 atom stereocenters. The van der Waals surface area contributed by atoms with Gasteiger partial charge in [0.25, 0.3) is 0 Å². The number of rotatable bonds is 7. The molecular formula is C30H35Cl2N3O4. The number of ether oxygens (including phenoxy) is 1. The number of fused-ring (bicyclic) bond motifs is 1. The average molecular weight is 573 g/mol. The molecule has 1 saturated carbocycles. The molecule has 9 heteroatoms. The van der Waals surface area contributed by atoms with Crippen LogP contribution < -0.4 is 10.6 Å². The maximum atomic E-state index is 14.1. The van der Waals surface area contributed by atoms with E-state index < -0.39 is 29.6 Å². The van der Waals surface area contributed by atoms with Crippen LogP contribution in [0.2, 0.25) is 10.0 Å². The Bertz CT molecular complexity index is 1210. The van der Waals surface area contributed by atoms with Gasteiger partial charge < -0.3 is 20.3 Å². The third-order valence-electron chi connectivity index (χ3n) is 9.07. The molecule has 3 amide bonds. The van der Waals surface area contributed by atoms with E-state index in [1.165, 1.54) is 18.4 Å². The quantitative estimate of drug-likeness (QED) is 0.427. The summed E-state index contributed by atoms with van der Waals surface area (Å²) in [4.78, 5) is 43.4. The van der Waals surface area contributed by atoms with Gasteiger partial charge in [0.2, 0.25) is 17.7 Å². The minimum absolute atomic E-state index is 0.106.